The van der Waals surface area contributed by atoms with Crippen LogP contribution in [0.15, 0.2) is 0 Å². The molecule has 20 heavy (non-hydrogen) atoms. The molecule has 1 atom stereocenters. The topological polar surface area (TPSA) is 24.5 Å². The minimum absolute atomic E-state index is 0.290. The van der Waals surface area contributed by atoms with Crippen LogP contribution in [0, 0.1) is 0 Å². The van der Waals surface area contributed by atoms with Crippen molar-refractivity contribution in [2.75, 3.05) is 20.2 Å². The number of nitrogens with zero attached hydrogens (tertiary/aromatic N) is 1. The molecular formula is C17H32N2O. The second-order valence-corrected chi connectivity index (χ2v) is 7.26. The molecule has 3 rings (SSSR count). The lowest BCUT2D eigenvalue weighted by molar-refractivity contribution is -0.150. The Kier molecular flexibility index (Phi) is 4.68. The zero-order chi connectivity index (χ0) is 14.0. The van der Waals surface area contributed by atoms with Gasteiger partial charge in [-0.05, 0) is 71.4 Å². The quantitative estimate of drug-likeness (QED) is 0.857. The van der Waals surface area contributed by atoms with Crippen molar-refractivity contribution in [3.63, 3.8) is 0 Å². The van der Waals surface area contributed by atoms with Crippen molar-refractivity contribution in [3.8, 4) is 0 Å². The molecule has 1 N–H and O–H groups in total. The van der Waals surface area contributed by atoms with Crippen molar-refractivity contribution in [2.45, 2.75) is 88.4 Å². The number of hydrogen-bond acceptors (Lipinski definition) is 3. The summed E-state index contributed by atoms with van der Waals surface area (Å²) in [5.41, 5.74) is 0.290. The maximum Gasteiger partial charge on any atom is 0.0697 e. The molecule has 0 radical (unpaired) electrons. The van der Waals surface area contributed by atoms with E-state index in [9.17, 15) is 0 Å². The predicted octanol–water partition coefficient (Wildman–Crippen LogP) is 2.94. The zero-order valence-corrected chi connectivity index (χ0v) is 13.4. The van der Waals surface area contributed by atoms with Crippen molar-refractivity contribution >= 4 is 0 Å². The van der Waals surface area contributed by atoms with E-state index in [2.05, 4.69) is 24.2 Å². The summed E-state index contributed by atoms with van der Waals surface area (Å²) in [6.45, 7) is 4.33. The molecule has 3 fully saturated rings. The molecule has 1 saturated heterocycles. The summed E-state index contributed by atoms with van der Waals surface area (Å²) in [4.78, 5) is 2.71. The molecule has 116 valence electrons. The lowest BCUT2D eigenvalue weighted by atomic mass is 9.73. The van der Waals surface area contributed by atoms with Gasteiger partial charge in [0.1, 0.15) is 0 Å². The summed E-state index contributed by atoms with van der Waals surface area (Å²) >= 11 is 0. The van der Waals surface area contributed by atoms with Gasteiger partial charge in [0.2, 0.25) is 0 Å². The van der Waals surface area contributed by atoms with E-state index in [0.717, 1.165) is 31.3 Å². The summed E-state index contributed by atoms with van der Waals surface area (Å²) in [5, 5.41) is 3.62. The molecule has 0 aromatic rings. The fourth-order valence-electron chi connectivity index (χ4n) is 4.54. The van der Waals surface area contributed by atoms with E-state index in [1.807, 2.05) is 0 Å². The lowest BCUT2D eigenvalue weighted by Crippen LogP contribution is -2.54. The summed E-state index contributed by atoms with van der Waals surface area (Å²) in [6, 6.07) is 2.35. The third-order valence-corrected chi connectivity index (χ3v) is 6.07. The molecule has 1 spiro atoms. The fourth-order valence-corrected chi connectivity index (χ4v) is 4.54. The van der Waals surface area contributed by atoms with E-state index < -0.39 is 0 Å². The Bertz CT molecular complexity index is 308. The third-order valence-electron chi connectivity index (χ3n) is 6.07. The van der Waals surface area contributed by atoms with Gasteiger partial charge in [-0.1, -0.05) is 6.92 Å². The van der Waals surface area contributed by atoms with Gasteiger partial charge in [-0.15, -0.1) is 0 Å². The summed E-state index contributed by atoms with van der Waals surface area (Å²) in [5.74, 6) is 0. The van der Waals surface area contributed by atoms with E-state index in [0.29, 0.717) is 0 Å². The first-order valence-corrected chi connectivity index (χ1v) is 8.82. The average molecular weight is 280 g/mol. The Morgan fingerprint density at radius 3 is 2.45 bits per heavy atom. The maximum absolute atomic E-state index is 6.08. The molecule has 0 aromatic carbocycles. The van der Waals surface area contributed by atoms with Crippen LogP contribution >= 0.6 is 0 Å². The molecule has 0 bridgehead atoms. The highest BCUT2D eigenvalue weighted by atomic mass is 16.5. The van der Waals surface area contributed by atoms with E-state index in [1.165, 1.54) is 57.8 Å². The highest BCUT2D eigenvalue weighted by molar-refractivity contribution is 4.97. The number of rotatable bonds is 4. The molecule has 0 amide bonds. The Hall–Kier alpha value is -0.120. The monoisotopic (exact) mass is 280 g/mol. The SMILES string of the molecule is CCNC1CCC(N(C)C2CCOC3(CCC3)C2)CC1. The Morgan fingerprint density at radius 1 is 1.10 bits per heavy atom. The van der Waals surface area contributed by atoms with Crippen LogP contribution in [-0.4, -0.2) is 48.8 Å². The van der Waals surface area contributed by atoms with Gasteiger partial charge in [0.15, 0.2) is 0 Å². The van der Waals surface area contributed by atoms with Crippen LogP contribution in [0.2, 0.25) is 0 Å². The van der Waals surface area contributed by atoms with Gasteiger partial charge >= 0.3 is 0 Å². The molecule has 1 aliphatic heterocycles. The van der Waals surface area contributed by atoms with Gasteiger partial charge in [-0.3, -0.25) is 0 Å². The molecule has 1 heterocycles. The molecule has 2 aliphatic carbocycles. The van der Waals surface area contributed by atoms with Crippen LogP contribution in [0.5, 0.6) is 0 Å². The molecule has 3 aliphatic rings. The van der Waals surface area contributed by atoms with Crippen molar-refractivity contribution in [1.29, 1.82) is 0 Å². The van der Waals surface area contributed by atoms with Crippen LogP contribution < -0.4 is 5.32 Å². The molecule has 1 unspecified atom stereocenters. The van der Waals surface area contributed by atoms with Crippen molar-refractivity contribution < 1.29 is 4.74 Å². The van der Waals surface area contributed by atoms with E-state index in [4.69, 9.17) is 4.74 Å². The van der Waals surface area contributed by atoms with Gasteiger partial charge in [0.05, 0.1) is 5.60 Å². The first-order valence-electron chi connectivity index (χ1n) is 8.82. The standard InChI is InChI=1S/C17H32N2O/c1-3-18-14-5-7-15(8-6-14)19(2)16-9-12-20-17(13-16)10-4-11-17/h14-16,18H,3-13H2,1-2H3. The van der Waals surface area contributed by atoms with Gasteiger partial charge in [0, 0.05) is 24.7 Å². The predicted molar refractivity (Wildman–Crippen MR) is 83.0 cm³/mol. The summed E-state index contributed by atoms with van der Waals surface area (Å²) in [6.07, 6.45) is 12.0. The second kappa shape index (κ2) is 6.33. The molecule has 2 saturated carbocycles. The third kappa shape index (κ3) is 3.05. The Morgan fingerprint density at radius 2 is 1.85 bits per heavy atom. The van der Waals surface area contributed by atoms with Gasteiger partial charge < -0.3 is 15.0 Å². The molecule has 3 nitrogen and oxygen atoms in total. The zero-order valence-electron chi connectivity index (χ0n) is 13.4. The first-order chi connectivity index (χ1) is 9.72. The van der Waals surface area contributed by atoms with Crippen molar-refractivity contribution in [1.82, 2.24) is 10.2 Å². The van der Waals surface area contributed by atoms with Crippen LogP contribution in [0.25, 0.3) is 0 Å². The fraction of sp³-hybridized carbons (Fsp3) is 1.00. The molecule has 3 heteroatoms. The van der Waals surface area contributed by atoms with Crippen molar-refractivity contribution in [2.24, 2.45) is 0 Å². The highest BCUT2D eigenvalue weighted by Crippen LogP contribution is 2.43. The van der Waals surface area contributed by atoms with E-state index in [-0.39, 0.29) is 5.60 Å². The Labute approximate surface area is 124 Å². The lowest BCUT2D eigenvalue weighted by Gasteiger charge is -2.50. The van der Waals surface area contributed by atoms with Crippen LogP contribution in [0.3, 0.4) is 0 Å². The van der Waals surface area contributed by atoms with E-state index >= 15 is 0 Å². The van der Waals surface area contributed by atoms with Crippen LogP contribution in [0.4, 0.5) is 0 Å². The highest BCUT2D eigenvalue weighted by Gasteiger charge is 2.44. The second-order valence-electron chi connectivity index (χ2n) is 7.26. The maximum atomic E-state index is 6.08. The van der Waals surface area contributed by atoms with Crippen LogP contribution in [-0.2, 0) is 4.74 Å². The minimum Gasteiger partial charge on any atom is -0.375 e. The number of ether oxygens (including phenoxy) is 1. The van der Waals surface area contributed by atoms with E-state index in [1.54, 1.807) is 0 Å². The largest absolute Gasteiger partial charge is 0.375 e. The average Bonchev–Trinajstić information content (AvgIpc) is 2.46. The molecular weight excluding hydrogens is 248 g/mol. The normalized spacial score (nSPS) is 37.0. The van der Waals surface area contributed by atoms with Gasteiger partial charge in [0.25, 0.3) is 0 Å². The smallest absolute Gasteiger partial charge is 0.0697 e. The summed E-state index contributed by atoms with van der Waals surface area (Å²) < 4.78 is 6.08. The van der Waals surface area contributed by atoms with Crippen molar-refractivity contribution in [3.05, 3.63) is 0 Å². The number of nitrogens with one attached hydrogen (secondary N) is 1. The Balaban J connectivity index is 1.50. The van der Waals surface area contributed by atoms with Crippen LogP contribution in [0.1, 0.15) is 64.7 Å². The summed E-state index contributed by atoms with van der Waals surface area (Å²) in [7, 11) is 2.38. The van der Waals surface area contributed by atoms with Gasteiger partial charge in [-0.25, -0.2) is 0 Å². The number of hydrogen-bond donors (Lipinski definition) is 1. The first kappa shape index (κ1) is 14.8. The minimum atomic E-state index is 0.290. The molecule has 0 aromatic heterocycles. The van der Waals surface area contributed by atoms with Gasteiger partial charge in [-0.2, -0.15) is 0 Å².